The zero-order valence-electron chi connectivity index (χ0n) is 38.9. The largest absolute Gasteiger partial charge is 0.492 e. The van der Waals surface area contributed by atoms with Gasteiger partial charge in [-0.3, -0.25) is 19.4 Å². The molecular formula is C56H64Cl2N4O7. The third-order valence-corrected chi connectivity index (χ3v) is 13.1. The highest BCUT2D eigenvalue weighted by Crippen LogP contribution is 2.29. The van der Waals surface area contributed by atoms with Crippen LogP contribution in [0.25, 0.3) is 0 Å². The van der Waals surface area contributed by atoms with E-state index in [0.717, 1.165) is 110 Å². The number of halogens is 2. The number of aliphatic hydroxyl groups is 2. The average Bonchev–Trinajstić information content (AvgIpc) is 3.39. The van der Waals surface area contributed by atoms with Gasteiger partial charge in [0, 0.05) is 29.1 Å². The topological polar surface area (TPSA) is 158 Å². The summed E-state index contributed by atoms with van der Waals surface area (Å²) in [5, 5.41) is 32.6. The summed E-state index contributed by atoms with van der Waals surface area (Å²) in [6, 6.07) is 49.3. The Kier molecular flexibility index (Phi) is 21.4. The van der Waals surface area contributed by atoms with Gasteiger partial charge < -0.3 is 35.8 Å². The second kappa shape index (κ2) is 28.0. The number of aliphatic carboxylic acids is 1. The van der Waals surface area contributed by atoms with E-state index in [-0.39, 0.29) is 43.0 Å². The van der Waals surface area contributed by atoms with Crippen molar-refractivity contribution >= 4 is 35.1 Å². The van der Waals surface area contributed by atoms with Crippen LogP contribution in [0.15, 0.2) is 158 Å². The number of carbonyl (C=O) groups is 2. The SMILES string of the molecule is NC(c1ccc(Cl)cc1)c1ccccc1CO.O=C(NC(c1ccc(Cl)cc1)c1ccccc1CO)C1CCN(CCOc2ccccc2)CC1.O=C(O)C1CCN(CCOc2ccccc2)CC1. The number of para-hydroxylation sites is 2. The lowest BCUT2D eigenvalue weighted by molar-refractivity contribution is -0.143. The van der Waals surface area contributed by atoms with E-state index < -0.39 is 5.97 Å². The molecule has 2 aliphatic rings. The van der Waals surface area contributed by atoms with Gasteiger partial charge in [0.1, 0.15) is 24.7 Å². The standard InChI is InChI=1S/C28H31ClN2O3.C14H14ClNO.C14H19NO3/c29-24-12-10-21(11-13-24)27(26-9-5-4-6-23(26)20-32)30-28(33)22-14-16-31(17-15-22)18-19-34-25-7-2-1-3-8-25;15-12-7-5-10(6-8-12)14(16)13-4-2-1-3-11(13)9-17;16-14(17)12-6-8-15(9-7-12)10-11-18-13-4-2-1-3-5-13/h1-13,22,27,32H,14-20H2,(H,30,33);1-8,14,17H,9,16H2;1-5,12H,6-11H2,(H,16,17). The lowest BCUT2D eigenvalue weighted by Gasteiger charge is -2.32. The molecule has 11 nitrogen and oxygen atoms in total. The first-order chi connectivity index (χ1) is 33.6. The molecule has 69 heavy (non-hydrogen) atoms. The first kappa shape index (κ1) is 52.6. The molecule has 0 radical (unpaired) electrons. The van der Waals surface area contributed by atoms with Crippen molar-refractivity contribution < 1.29 is 34.4 Å². The van der Waals surface area contributed by atoms with E-state index in [9.17, 15) is 19.8 Å². The zero-order chi connectivity index (χ0) is 48.8. The van der Waals surface area contributed by atoms with Crippen LogP contribution in [-0.2, 0) is 22.8 Å². The van der Waals surface area contributed by atoms with Crippen molar-refractivity contribution in [3.63, 3.8) is 0 Å². The smallest absolute Gasteiger partial charge is 0.306 e. The molecule has 2 unspecified atom stereocenters. The van der Waals surface area contributed by atoms with E-state index >= 15 is 0 Å². The van der Waals surface area contributed by atoms with Gasteiger partial charge in [-0.05, 0) is 134 Å². The van der Waals surface area contributed by atoms with Gasteiger partial charge in [-0.2, -0.15) is 0 Å². The van der Waals surface area contributed by atoms with Crippen LogP contribution in [0.5, 0.6) is 11.5 Å². The normalized spacial score (nSPS) is 15.3. The predicted octanol–water partition coefficient (Wildman–Crippen LogP) is 9.57. The number of amides is 1. The van der Waals surface area contributed by atoms with Crippen molar-refractivity contribution in [2.45, 2.75) is 51.0 Å². The van der Waals surface area contributed by atoms with Gasteiger partial charge in [0.25, 0.3) is 0 Å². The lowest BCUT2D eigenvalue weighted by atomic mass is 9.91. The second-order valence-electron chi connectivity index (χ2n) is 17.1. The molecule has 2 saturated heterocycles. The number of aliphatic hydroxyl groups excluding tert-OH is 2. The monoisotopic (exact) mass is 974 g/mol. The number of rotatable bonds is 17. The number of piperidine rings is 2. The number of ether oxygens (including phenoxy) is 2. The van der Waals surface area contributed by atoms with Gasteiger partial charge in [0.2, 0.25) is 5.91 Å². The quantitative estimate of drug-likeness (QED) is 0.0597. The van der Waals surface area contributed by atoms with E-state index in [1.807, 2.05) is 158 Å². The molecule has 0 saturated carbocycles. The molecule has 13 heteroatoms. The summed E-state index contributed by atoms with van der Waals surface area (Å²) in [5.74, 6) is 0.966. The number of nitrogens with two attached hydrogens (primary N) is 1. The van der Waals surface area contributed by atoms with Crippen molar-refractivity contribution in [3.05, 3.63) is 201 Å². The molecule has 2 heterocycles. The molecule has 8 rings (SSSR count). The Bertz CT molecular complexity index is 2430. The van der Waals surface area contributed by atoms with Crippen LogP contribution >= 0.6 is 23.2 Å². The van der Waals surface area contributed by atoms with Crippen molar-refractivity contribution in [1.29, 1.82) is 0 Å². The predicted molar refractivity (Wildman–Crippen MR) is 273 cm³/mol. The first-order valence-corrected chi connectivity index (χ1v) is 24.3. The highest BCUT2D eigenvalue weighted by molar-refractivity contribution is 6.30. The lowest BCUT2D eigenvalue weighted by Crippen LogP contribution is -2.43. The maximum Gasteiger partial charge on any atom is 0.306 e. The molecule has 0 spiro atoms. The maximum absolute atomic E-state index is 13.3. The summed E-state index contributed by atoms with van der Waals surface area (Å²) in [7, 11) is 0. The Labute approximate surface area is 416 Å². The number of carboxylic acids is 1. The van der Waals surface area contributed by atoms with Crippen LogP contribution in [0.1, 0.15) is 71.1 Å². The Hall–Kier alpha value is -5.76. The average molecular weight is 976 g/mol. The minimum atomic E-state index is -0.657. The van der Waals surface area contributed by atoms with Crippen molar-refractivity contribution in [1.82, 2.24) is 15.1 Å². The van der Waals surface area contributed by atoms with Crippen LogP contribution in [0.3, 0.4) is 0 Å². The van der Waals surface area contributed by atoms with E-state index in [1.165, 1.54) is 0 Å². The molecule has 0 aromatic heterocycles. The van der Waals surface area contributed by atoms with Crippen LogP contribution in [0, 0.1) is 11.8 Å². The number of hydrogen-bond acceptors (Lipinski definition) is 9. The van der Waals surface area contributed by atoms with E-state index in [2.05, 4.69) is 15.1 Å². The minimum Gasteiger partial charge on any atom is -0.492 e. The maximum atomic E-state index is 13.3. The molecule has 2 fully saturated rings. The van der Waals surface area contributed by atoms with Crippen LogP contribution < -0.4 is 20.5 Å². The summed E-state index contributed by atoms with van der Waals surface area (Å²) in [5.41, 5.74) is 11.6. The number of nitrogens with zero attached hydrogens (tertiary/aromatic N) is 2. The summed E-state index contributed by atoms with van der Waals surface area (Å²) < 4.78 is 11.4. The fourth-order valence-electron chi connectivity index (χ4n) is 8.49. The number of carboxylic acid groups (broad SMARTS) is 1. The number of nitrogens with one attached hydrogen (secondary N) is 1. The Morgan fingerprint density at radius 1 is 0.565 bits per heavy atom. The van der Waals surface area contributed by atoms with Gasteiger partial charge in [0.05, 0.1) is 31.2 Å². The molecule has 1 amide bonds. The van der Waals surface area contributed by atoms with Crippen LogP contribution in [-0.4, -0.2) is 89.5 Å². The Morgan fingerprint density at radius 3 is 1.43 bits per heavy atom. The summed E-state index contributed by atoms with van der Waals surface area (Å²) in [6.45, 7) is 6.37. The van der Waals surface area contributed by atoms with Crippen molar-refractivity contribution in [3.8, 4) is 11.5 Å². The number of hydrogen-bond donors (Lipinski definition) is 5. The summed E-state index contributed by atoms with van der Waals surface area (Å²) in [6.07, 6.45) is 3.12. The summed E-state index contributed by atoms with van der Waals surface area (Å²) in [4.78, 5) is 28.7. The minimum absolute atomic E-state index is 0.00252. The van der Waals surface area contributed by atoms with Gasteiger partial charge >= 0.3 is 5.97 Å². The number of carbonyl (C=O) groups excluding carboxylic acids is 1. The highest BCUT2D eigenvalue weighted by atomic mass is 35.5. The van der Waals surface area contributed by atoms with Crippen LogP contribution in [0.4, 0.5) is 0 Å². The molecule has 2 aliphatic heterocycles. The molecular weight excluding hydrogens is 912 g/mol. The Morgan fingerprint density at radius 2 is 0.971 bits per heavy atom. The molecule has 2 atom stereocenters. The number of benzene rings is 6. The molecule has 6 aromatic carbocycles. The fraction of sp³-hybridized carbons (Fsp3) is 0.321. The number of likely N-dealkylation sites (tertiary alicyclic amines) is 2. The molecule has 6 N–H and O–H groups in total. The Balaban J connectivity index is 0.000000188. The van der Waals surface area contributed by atoms with Gasteiger partial charge in [0.15, 0.2) is 0 Å². The third kappa shape index (κ3) is 16.7. The van der Waals surface area contributed by atoms with Crippen molar-refractivity contribution in [2.75, 3.05) is 52.5 Å². The van der Waals surface area contributed by atoms with Gasteiger partial charge in [-0.1, -0.05) is 132 Å². The fourth-order valence-corrected chi connectivity index (χ4v) is 8.74. The molecule has 364 valence electrons. The second-order valence-corrected chi connectivity index (χ2v) is 18.0. The first-order valence-electron chi connectivity index (χ1n) is 23.6. The van der Waals surface area contributed by atoms with Crippen LogP contribution in [0.2, 0.25) is 10.0 Å². The van der Waals surface area contributed by atoms with Gasteiger partial charge in [-0.25, -0.2) is 0 Å². The summed E-state index contributed by atoms with van der Waals surface area (Å²) >= 11 is 11.9. The van der Waals surface area contributed by atoms with E-state index in [4.69, 9.17) is 43.5 Å². The highest BCUT2D eigenvalue weighted by Gasteiger charge is 2.28. The molecule has 6 aromatic rings. The van der Waals surface area contributed by atoms with E-state index in [1.54, 1.807) is 0 Å². The third-order valence-electron chi connectivity index (χ3n) is 12.6. The van der Waals surface area contributed by atoms with Crippen molar-refractivity contribution in [2.24, 2.45) is 17.6 Å². The van der Waals surface area contributed by atoms with E-state index in [0.29, 0.717) is 23.3 Å². The zero-order valence-corrected chi connectivity index (χ0v) is 40.4. The molecule has 0 aliphatic carbocycles. The van der Waals surface area contributed by atoms with Gasteiger partial charge in [-0.15, -0.1) is 0 Å². The molecule has 0 bridgehead atoms.